The van der Waals surface area contributed by atoms with Crippen molar-refractivity contribution in [2.24, 2.45) is 7.05 Å². The Morgan fingerprint density at radius 3 is 2.76 bits per heavy atom. The molecule has 0 radical (unpaired) electrons. The van der Waals surface area contributed by atoms with Gasteiger partial charge in [-0.15, -0.1) is 0 Å². The number of H-pyrrole nitrogens is 1. The molecule has 17 heavy (non-hydrogen) atoms. The molecule has 0 saturated heterocycles. The minimum absolute atomic E-state index is 0.0857. The molecule has 0 aliphatic heterocycles. The van der Waals surface area contributed by atoms with E-state index in [1.165, 1.54) is 10.7 Å². The van der Waals surface area contributed by atoms with Crippen LogP contribution in [-0.2, 0) is 7.05 Å². The largest absolute Gasteiger partial charge is 0.493 e. The van der Waals surface area contributed by atoms with Gasteiger partial charge in [-0.3, -0.25) is 14.6 Å². The predicted molar refractivity (Wildman–Crippen MR) is 67.6 cm³/mol. The fourth-order valence-corrected chi connectivity index (χ4v) is 1.78. The summed E-state index contributed by atoms with van der Waals surface area (Å²) in [6.07, 6.45) is 0. The van der Waals surface area contributed by atoms with Crippen LogP contribution in [-0.4, -0.2) is 16.4 Å². The Morgan fingerprint density at radius 1 is 1.41 bits per heavy atom. The molecule has 1 N–H and O–H groups in total. The van der Waals surface area contributed by atoms with E-state index in [9.17, 15) is 4.79 Å². The van der Waals surface area contributed by atoms with E-state index in [4.69, 9.17) is 16.3 Å². The lowest BCUT2D eigenvalue weighted by molar-refractivity contribution is 0.341. The topological polar surface area (TPSA) is 47.0 Å². The summed E-state index contributed by atoms with van der Waals surface area (Å²) in [7, 11) is 1.67. The van der Waals surface area contributed by atoms with Gasteiger partial charge in [-0.1, -0.05) is 11.6 Å². The number of nitrogens with zero attached hydrogens (tertiary/aromatic N) is 1. The zero-order valence-electron chi connectivity index (χ0n) is 9.66. The van der Waals surface area contributed by atoms with Crippen molar-refractivity contribution in [2.75, 3.05) is 6.61 Å². The summed E-state index contributed by atoms with van der Waals surface area (Å²) in [5.41, 5.74) is 1.46. The van der Waals surface area contributed by atoms with E-state index in [2.05, 4.69) is 5.10 Å². The fraction of sp³-hybridized carbons (Fsp3) is 0.250. The van der Waals surface area contributed by atoms with Gasteiger partial charge in [-0.2, -0.15) is 0 Å². The Kier molecular flexibility index (Phi) is 3.24. The van der Waals surface area contributed by atoms with Crippen molar-refractivity contribution in [2.45, 2.75) is 6.92 Å². The highest BCUT2D eigenvalue weighted by Gasteiger charge is 2.10. The van der Waals surface area contributed by atoms with Crippen LogP contribution in [0, 0.1) is 0 Å². The van der Waals surface area contributed by atoms with Crippen molar-refractivity contribution in [1.82, 2.24) is 9.78 Å². The first-order chi connectivity index (χ1) is 8.11. The SMILES string of the molecule is CCOc1cc(Cl)ccc1-c1cc(=O)n(C)[nH]1. The van der Waals surface area contributed by atoms with E-state index in [0.717, 1.165) is 11.3 Å². The molecule has 0 unspecified atom stereocenters. The molecule has 0 aliphatic rings. The minimum Gasteiger partial charge on any atom is -0.493 e. The summed E-state index contributed by atoms with van der Waals surface area (Å²) in [6.45, 7) is 2.45. The lowest BCUT2D eigenvalue weighted by Gasteiger charge is -2.09. The highest BCUT2D eigenvalue weighted by molar-refractivity contribution is 6.30. The normalized spacial score (nSPS) is 10.5. The molecule has 90 valence electrons. The number of hydrogen-bond donors (Lipinski definition) is 1. The van der Waals surface area contributed by atoms with Crippen LogP contribution >= 0.6 is 11.6 Å². The average Bonchev–Trinajstić information content (AvgIpc) is 2.60. The first kappa shape index (κ1) is 11.8. The Bertz CT molecular complexity index is 586. The lowest BCUT2D eigenvalue weighted by Crippen LogP contribution is -2.09. The summed E-state index contributed by atoms with van der Waals surface area (Å²) in [5, 5.41) is 3.57. The number of hydrogen-bond acceptors (Lipinski definition) is 2. The van der Waals surface area contributed by atoms with Gasteiger partial charge in [-0.25, -0.2) is 0 Å². The monoisotopic (exact) mass is 252 g/mol. The number of ether oxygens (including phenoxy) is 1. The summed E-state index contributed by atoms with van der Waals surface area (Å²) in [4.78, 5) is 11.4. The van der Waals surface area contributed by atoms with Gasteiger partial charge in [0.15, 0.2) is 0 Å². The van der Waals surface area contributed by atoms with Crippen LogP contribution in [0.25, 0.3) is 11.3 Å². The molecule has 1 heterocycles. The standard InChI is InChI=1S/C12H13ClN2O2/c1-3-17-11-6-8(13)4-5-9(11)10-7-12(16)15(2)14-10/h4-7,14H,3H2,1-2H3. The average molecular weight is 253 g/mol. The van der Waals surface area contributed by atoms with Gasteiger partial charge in [0, 0.05) is 23.7 Å². The number of rotatable bonds is 3. The third-order valence-corrected chi connectivity index (χ3v) is 2.66. The first-order valence-electron chi connectivity index (χ1n) is 5.30. The Morgan fingerprint density at radius 2 is 2.18 bits per heavy atom. The predicted octanol–water partition coefficient (Wildman–Crippen LogP) is 2.43. The second-order valence-electron chi connectivity index (χ2n) is 3.64. The molecule has 1 aromatic carbocycles. The smallest absolute Gasteiger partial charge is 0.266 e. The van der Waals surface area contributed by atoms with E-state index >= 15 is 0 Å². The van der Waals surface area contributed by atoms with Crippen LogP contribution in [0.3, 0.4) is 0 Å². The zero-order chi connectivity index (χ0) is 12.4. The number of aromatic nitrogens is 2. The molecule has 0 fully saturated rings. The molecule has 0 atom stereocenters. The molecule has 0 aliphatic carbocycles. The number of nitrogens with one attached hydrogen (secondary N) is 1. The van der Waals surface area contributed by atoms with Crippen molar-refractivity contribution < 1.29 is 4.74 Å². The second-order valence-corrected chi connectivity index (χ2v) is 4.08. The molecule has 0 bridgehead atoms. The maximum absolute atomic E-state index is 11.4. The van der Waals surface area contributed by atoms with Crippen molar-refractivity contribution in [3.63, 3.8) is 0 Å². The third kappa shape index (κ3) is 2.36. The van der Waals surface area contributed by atoms with Gasteiger partial charge in [0.05, 0.1) is 12.3 Å². The molecule has 0 saturated carbocycles. The highest BCUT2D eigenvalue weighted by Crippen LogP contribution is 2.30. The van der Waals surface area contributed by atoms with Crippen molar-refractivity contribution >= 4 is 11.6 Å². The number of aromatic amines is 1. The number of benzene rings is 1. The zero-order valence-corrected chi connectivity index (χ0v) is 10.4. The molecular weight excluding hydrogens is 240 g/mol. The molecule has 0 amide bonds. The quantitative estimate of drug-likeness (QED) is 0.912. The molecule has 1 aromatic heterocycles. The fourth-order valence-electron chi connectivity index (χ4n) is 1.62. The summed E-state index contributed by atoms with van der Waals surface area (Å²) in [5.74, 6) is 0.668. The maximum atomic E-state index is 11.4. The number of aryl methyl sites for hydroxylation is 1. The Hall–Kier alpha value is -1.68. The first-order valence-corrected chi connectivity index (χ1v) is 5.68. The van der Waals surface area contributed by atoms with E-state index in [1.807, 2.05) is 13.0 Å². The third-order valence-electron chi connectivity index (χ3n) is 2.42. The van der Waals surface area contributed by atoms with E-state index in [0.29, 0.717) is 17.4 Å². The highest BCUT2D eigenvalue weighted by atomic mass is 35.5. The van der Waals surface area contributed by atoms with Crippen LogP contribution in [0.15, 0.2) is 29.1 Å². The van der Waals surface area contributed by atoms with Gasteiger partial charge in [-0.05, 0) is 25.1 Å². The van der Waals surface area contributed by atoms with Gasteiger partial charge in [0.2, 0.25) is 0 Å². The number of halogens is 1. The second kappa shape index (κ2) is 4.67. The van der Waals surface area contributed by atoms with Crippen LogP contribution in [0.2, 0.25) is 5.02 Å². The summed E-state index contributed by atoms with van der Waals surface area (Å²) >= 11 is 5.92. The summed E-state index contributed by atoms with van der Waals surface area (Å²) in [6, 6.07) is 6.88. The van der Waals surface area contributed by atoms with Crippen LogP contribution in [0.5, 0.6) is 5.75 Å². The van der Waals surface area contributed by atoms with Gasteiger partial charge < -0.3 is 4.74 Å². The molecular formula is C12H13ClN2O2. The molecule has 2 aromatic rings. The molecule has 0 spiro atoms. The van der Waals surface area contributed by atoms with Crippen LogP contribution in [0.4, 0.5) is 0 Å². The van der Waals surface area contributed by atoms with E-state index in [1.54, 1.807) is 19.2 Å². The molecule has 2 rings (SSSR count). The van der Waals surface area contributed by atoms with Crippen molar-refractivity contribution in [3.05, 3.63) is 39.6 Å². The minimum atomic E-state index is -0.0857. The van der Waals surface area contributed by atoms with Crippen molar-refractivity contribution in [1.29, 1.82) is 0 Å². The van der Waals surface area contributed by atoms with Gasteiger partial charge in [0.1, 0.15) is 5.75 Å². The Labute approximate surface area is 104 Å². The van der Waals surface area contributed by atoms with Gasteiger partial charge >= 0.3 is 0 Å². The lowest BCUT2D eigenvalue weighted by atomic mass is 10.1. The van der Waals surface area contributed by atoms with E-state index in [-0.39, 0.29) is 5.56 Å². The van der Waals surface area contributed by atoms with Crippen molar-refractivity contribution in [3.8, 4) is 17.0 Å². The maximum Gasteiger partial charge on any atom is 0.266 e. The summed E-state index contributed by atoms with van der Waals surface area (Å²) < 4.78 is 6.92. The molecule has 5 heteroatoms. The van der Waals surface area contributed by atoms with Crippen LogP contribution in [0.1, 0.15) is 6.92 Å². The Balaban J connectivity index is 2.54. The molecule has 4 nitrogen and oxygen atoms in total. The van der Waals surface area contributed by atoms with Crippen LogP contribution < -0.4 is 10.3 Å². The van der Waals surface area contributed by atoms with E-state index < -0.39 is 0 Å². The van der Waals surface area contributed by atoms with Gasteiger partial charge in [0.25, 0.3) is 5.56 Å².